The summed E-state index contributed by atoms with van der Waals surface area (Å²) in [6.45, 7) is 2.18. The molecule has 0 aliphatic rings. The second-order valence-electron chi connectivity index (χ2n) is 4.41. The molecule has 4 heteroatoms. The number of nitrogens with two attached hydrogens (primary N) is 1. The van der Waals surface area contributed by atoms with Crippen LogP contribution in [0.3, 0.4) is 0 Å². The summed E-state index contributed by atoms with van der Waals surface area (Å²) in [6.07, 6.45) is 3.31. The van der Waals surface area contributed by atoms with Crippen molar-refractivity contribution in [3.05, 3.63) is 28.5 Å². The molecule has 0 aliphatic carbocycles. The lowest BCUT2D eigenvalue weighted by atomic mass is 10.1. The van der Waals surface area contributed by atoms with Crippen LogP contribution in [-0.2, 0) is 7.05 Å². The monoisotopic (exact) mass is 295 g/mol. The Morgan fingerprint density at radius 2 is 2.24 bits per heavy atom. The van der Waals surface area contributed by atoms with Gasteiger partial charge in [0, 0.05) is 11.5 Å². The average Bonchev–Trinajstić information content (AvgIpc) is 2.63. The van der Waals surface area contributed by atoms with E-state index in [0.29, 0.717) is 0 Å². The van der Waals surface area contributed by atoms with Crippen molar-refractivity contribution < 1.29 is 0 Å². The number of rotatable bonds is 4. The third-order valence-electron chi connectivity index (χ3n) is 3.08. The van der Waals surface area contributed by atoms with Crippen molar-refractivity contribution in [1.82, 2.24) is 9.55 Å². The zero-order valence-electron chi connectivity index (χ0n) is 10.3. The second-order valence-corrected chi connectivity index (χ2v) is 5.33. The Bertz CT molecular complexity index is 519. The standard InChI is InChI=1S/C13H18BrN3/c1-3-4-5-10(15)13-16-11-8-9(14)6-7-12(11)17(13)2/h6-8,10H,3-5,15H2,1-2H3. The molecule has 1 unspecified atom stereocenters. The van der Waals surface area contributed by atoms with Crippen LogP contribution in [0.2, 0.25) is 0 Å². The summed E-state index contributed by atoms with van der Waals surface area (Å²) >= 11 is 3.46. The normalized spacial score (nSPS) is 13.2. The van der Waals surface area contributed by atoms with Crippen LogP contribution < -0.4 is 5.73 Å². The number of aromatic nitrogens is 2. The predicted molar refractivity (Wildman–Crippen MR) is 74.9 cm³/mol. The summed E-state index contributed by atoms with van der Waals surface area (Å²) in [5.41, 5.74) is 8.33. The highest BCUT2D eigenvalue weighted by atomic mass is 79.9. The van der Waals surface area contributed by atoms with Crippen LogP contribution >= 0.6 is 15.9 Å². The van der Waals surface area contributed by atoms with Gasteiger partial charge in [0.1, 0.15) is 5.82 Å². The fourth-order valence-corrected chi connectivity index (χ4v) is 2.43. The van der Waals surface area contributed by atoms with Gasteiger partial charge in [-0.1, -0.05) is 35.7 Å². The lowest BCUT2D eigenvalue weighted by molar-refractivity contribution is 0.561. The van der Waals surface area contributed by atoms with Gasteiger partial charge in [-0.2, -0.15) is 0 Å². The maximum Gasteiger partial charge on any atom is 0.126 e. The number of fused-ring (bicyclic) bond motifs is 1. The number of unbranched alkanes of at least 4 members (excludes halogenated alkanes) is 1. The molecule has 0 bridgehead atoms. The number of benzene rings is 1. The van der Waals surface area contributed by atoms with Crippen molar-refractivity contribution in [2.75, 3.05) is 0 Å². The third kappa shape index (κ3) is 2.53. The first-order valence-corrected chi connectivity index (χ1v) is 6.80. The Morgan fingerprint density at radius 3 is 2.94 bits per heavy atom. The topological polar surface area (TPSA) is 43.8 Å². The Morgan fingerprint density at radius 1 is 1.47 bits per heavy atom. The summed E-state index contributed by atoms with van der Waals surface area (Å²) in [5, 5.41) is 0. The largest absolute Gasteiger partial charge is 0.330 e. The van der Waals surface area contributed by atoms with E-state index < -0.39 is 0 Å². The molecule has 0 spiro atoms. The molecule has 0 fully saturated rings. The number of nitrogens with zero attached hydrogens (tertiary/aromatic N) is 2. The van der Waals surface area contributed by atoms with Crippen LogP contribution in [0.25, 0.3) is 11.0 Å². The van der Waals surface area contributed by atoms with Crippen molar-refractivity contribution in [3.8, 4) is 0 Å². The van der Waals surface area contributed by atoms with E-state index >= 15 is 0 Å². The van der Waals surface area contributed by atoms with Crippen molar-refractivity contribution in [3.63, 3.8) is 0 Å². The van der Waals surface area contributed by atoms with Crippen molar-refractivity contribution >= 4 is 27.0 Å². The molecule has 2 N–H and O–H groups in total. The van der Waals surface area contributed by atoms with E-state index in [1.165, 1.54) is 6.42 Å². The highest BCUT2D eigenvalue weighted by Crippen LogP contribution is 2.24. The number of hydrogen-bond acceptors (Lipinski definition) is 2. The summed E-state index contributed by atoms with van der Waals surface area (Å²) in [4.78, 5) is 4.63. The molecule has 0 amide bonds. The van der Waals surface area contributed by atoms with E-state index in [2.05, 4.69) is 38.5 Å². The van der Waals surface area contributed by atoms with Gasteiger partial charge in [-0.05, 0) is 24.6 Å². The molecule has 3 nitrogen and oxygen atoms in total. The minimum absolute atomic E-state index is 0.0334. The van der Waals surface area contributed by atoms with Crippen molar-refractivity contribution in [1.29, 1.82) is 0 Å². The SMILES string of the molecule is CCCCC(N)c1nc2cc(Br)ccc2n1C. The molecular weight excluding hydrogens is 278 g/mol. The Hall–Kier alpha value is -0.870. The Labute approximate surface area is 110 Å². The Kier molecular flexibility index (Phi) is 3.84. The van der Waals surface area contributed by atoms with E-state index in [-0.39, 0.29) is 6.04 Å². The van der Waals surface area contributed by atoms with Gasteiger partial charge < -0.3 is 10.3 Å². The van der Waals surface area contributed by atoms with Crippen LogP contribution in [0.1, 0.15) is 38.1 Å². The first-order chi connectivity index (χ1) is 8.13. The zero-order valence-corrected chi connectivity index (χ0v) is 11.9. The minimum atomic E-state index is 0.0334. The number of halogens is 1. The van der Waals surface area contributed by atoms with Crippen molar-refractivity contribution in [2.24, 2.45) is 12.8 Å². The number of hydrogen-bond donors (Lipinski definition) is 1. The molecule has 92 valence electrons. The van der Waals surface area contributed by atoms with Crippen LogP contribution in [0.5, 0.6) is 0 Å². The Balaban J connectivity index is 2.37. The van der Waals surface area contributed by atoms with Gasteiger partial charge in [-0.3, -0.25) is 0 Å². The fourth-order valence-electron chi connectivity index (χ4n) is 2.08. The van der Waals surface area contributed by atoms with Gasteiger partial charge >= 0.3 is 0 Å². The van der Waals surface area contributed by atoms with E-state index in [4.69, 9.17) is 5.73 Å². The molecule has 0 aliphatic heterocycles. The molecule has 2 aromatic rings. The van der Waals surface area contributed by atoms with Gasteiger partial charge in [-0.25, -0.2) is 4.98 Å². The van der Waals surface area contributed by atoms with Crippen LogP contribution in [0.4, 0.5) is 0 Å². The van der Waals surface area contributed by atoms with Crippen LogP contribution in [-0.4, -0.2) is 9.55 Å². The molecule has 0 radical (unpaired) electrons. The summed E-state index contributed by atoms with van der Waals surface area (Å²) in [7, 11) is 2.03. The van der Waals surface area contributed by atoms with Gasteiger partial charge in [0.2, 0.25) is 0 Å². The number of aryl methyl sites for hydroxylation is 1. The lowest BCUT2D eigenvalue weighted by Gasteiger charge is -2.10. The molecule has 2 rings (SSSR count). The second kappa shape index (κ2) is 5.19. The molecule has 1 aromatic heterocycles. The van der Waals surface area contributed by atoms with Gasteiger partial charge in [0.15, 0.2) is 0 Å². The molecule has 1 aromatic carbocycles. The highest BCUT2D eigenvalue weighted by molar-refractivity contribution is 9.10. The van der Waals surface area contributed by atoms with E-state index in [1.807, 2.05) is 19.2 Å². The average molecular weight is 296 g/mol. The van der Waals surface area contributed by atoms with E-state index in [0.717, 1.165) is 34.2 Å². The van der Waals surface area contributed by atoms with E-state index in [1.54, 1.807) is 0 Å². The maximum absolute atomic E-state index is 6.19. The van der Waals surface area contributed by atoms with Crippen LogP contribution in [0, 0.1) is 0 Å². The van der Waals surface area contributed by atoms with Crippen molar-refractivity contribution in [2.45, 2.75) is 32.2 Å². The smallest absolute Gasteiger partial charge is 0.126 e. The number of imidazole rings is 1. The first kappa shape index (κ1) is 12.6. The summed E-state index contributed by atoms with van der Waals surface area (Å²) in [5.74, 6) is 0.978. The van der Waals surface area contributed by atoms with Gasteiger partial charge in [-0.15, -0.1) is 0 Å². The molecule has 0 saturated heterocycles. The quantitative estimate of drug-likeness (QED) is 0.938. The zero-order chi connectivity index (χ0) is 12.4. The van der Waals surface area contributed by atoms with Gasteiger partial charge in [0.25, 0.3) is 0 Å². The molecule has 1 atom stereocenters. The van der Waals surface area contributed by atoms with E-state index in [9.17, 15) is 0 Å². The minimum Gasteiger partial charge on any atom is -0.330 e. The molecule has 1 heterocycles. The fraction of sp³-hybridized carbons (Fsp3) is 0.462. The maximum atomic E-state index is 6.19. The molecule has 0 saturated carbocycles. The lowest BCUT2D eigenvalue weighted by Crippen LogP contribution is -2.15. The molecular formula is C13H18BrN3. The van der Waals surface area contributed by atoms with Crippen LogP contribution in [0.15, 0.2) is 22.7 Å². The summed E-state index contributed by atoms with van der Waals surface area (Å²) in [6, 6.07) is 6.17. The third-order valence-corrected chi connectivity index (χ3v) is 3.57. The first-order valence-electron chi connectivity index (χ1n) is 6.01. The van der Waals surface area contributed by atoms with Gasteiger partial charge in [0.05, 0.1) is 17.1 Å². The predicted octanol–water partition coefficient (Wildman–Crippen LogP) is 3.53. The molecule has 17 heavy (non-hydrogen) atoms. The summed E-state index contributed by atoms with van der Waals surface area (Å²) < 4.78 is 3.15. The highest BCUT2D eigenvalue weighted by Gasteiger charge is 2.14.